The van der Waals surface area contributed by atoms with Gasteiger partial charge in [-0.15, -0.1) is 0 Å². The quantitative estimate of drug-likeness (QED) is 0.534. The van der Waals surface area contributed by atoms with Gasteiger partial charge in [0, 0.05) is 17.9 Å². The second kappa shape index (κ2) is 7.14. The number of nitrogens with one attached hydrogen (secondary N) is 1. The zero-order valence-electron chi connectivity index (χ0n) is 11.7. The summed E-state index contributed by atoms with van der Waals surface area (Å²) < 4.78 is 39.7. The molecule has 0 unspecified atom stereocenters. The summed E-state index contributed by atoms with van der Waals surface area (Å²) in [7, 11) is 0. The van der Waals surface area contributed by atoms with E-state index in [4.69, 9.17) is 0 Å². The molecule has 0 saturated heterocycles. The molecule has 4 nitrogen and oxygen atoms in total. The molecule has 120 valence electrons. The summed E-state index contributed by atoms with van der Waals surface area (Å²) in [5.41, 5.74) is 0.746. The number of anilines is 1. The lowest BCUT2D eigenvalue weighted by atomic mass is 10.2. The van der Waals surface area contributed by atoms with Crippen LogP contribution in [0.25, 0.3) is 10.3 Å². The largest absolute Gasteiger partial charge is 0.359 e. The van der Waals surface area contributed by atoms with Gasteiger partial charge in [-0.2, -0.15) is 4.98 Å². The van der Waals surface area contributed by atoms with E-state index in [2.05, 4.69) is 20.3 Å². The number of rotatable bonds is 6. The van der Waals surface area contributed by atoms with Crippen LogP contribution < -0.4 is 5.32 Å². The molecule has 23 heavy (non-hydrogen) atoms. The summed E-state index contributed by atoms with van der Waals surface area (Å²) in [6, 6.07) is 4.06. The number of fused-ring (bicyclic) bond motifs is 1. The number of thiazole rings is 1. The molecule has 0 fully saturated rings. The van der Waals surface area contributed by atoms with E-state index in [0.29, 0.717) is 15.9 Å². The van der Waals surface area contributed by atoms with Crippen LogP contribution in [0.4, 0.5) is 18.3 Å². The zero-order chi connectivity index (χ0) is 16.2. The third-order valence-corrected chi connectivity index (χ3v) is 4.73. The highest BCUT2D eigenvalue weighted by atomic mass is 32.2. The molecule has 3 aromatic rings. The van der Waals surface area contributed by atoms with Crippen LogP contribution in [0.3, 0.4) is 0 Å². The van der Waals surface area contributed by atoms with E-state index in [1.54, 1.807) is 6.20 Å². The molecule has 0 aliphatic carbocycles. The first-order chi connectivity index (χ1) is 11.2. The Labute approximate surface area is 138 Å². The van der Waals surface area contributed by atoms with Crippen molar-refractivity contribution in [3.63, 3.8) is 0 Å². The minimum absolute atomic E-state index is 0.188. The van der Waals surface area contributed by atoms with E-state index in [-0.39, 0.29) is 17.9 Å². The lowest BCUT2D eigenvalue weighted by Gasteiger charge is -2.02. The van der Waals surface area contributed by atoms with Crippen molar-refractivity contribution in [2.45, 2.75) is 10.9 Å². The van der Waals surface area contributed by atoms with Crippen molar-refractivity contribution >= 4 is 38.6 Å². The molecule has 0 spiro atoms. The Morgan fingerprint density at radius 2 is 2.09 bits per heavy atom. The molecule has 0 radical (unpaired) electrons. The molecule has 0 saturated carbocycles. The Kier molecular flexibility index (Phi) is 4.97. The number of thioether (sulfide) groups is 1. The van der Waals surface area contributed by atoms with Crippen LogP contribution in [0.15, 0.2) is 29.6 Å². The highest BCUT2D eigenvalue weighted by Crippen LogP contribution is 2.27. The van der Waals surface area contributed by atoms with Gasteiger partial charge >= 0.3 is 0 Å². The summed E-state index contributed by atoms with van der Waals surface area (Å²) in [6.07, 6.45) is 1.62. The molecule has 0 amide bonds. The summed E-state index contributed by atoms with van der Waals surface area (Å²) >= 11 is 2.53. The average Bonchev–Trinajstić information content (AvgIpc) is 2.96. The minimum atomic E-state index is -0.873. The summed E-state index contributed by atoms with van der Waals surface area (Å²) in [5.74, 6) is -1.51. The summed E-state index contributed by atoms with van der Waals surface area (Å²) in [4.78, 5) is 12.7. The Hall–Kier alpha value is -1.87. The van der Waals surface area contributed by atoms with Crippen LogP contribution in [0.2, 0.25) is 0 Å². The number of aromatic nitrogens is 3. The Balaban J connectivity index is 1.74. The van der Waals surface area contributed by atoms with Gasteiger partial charge in [-0.25, -0.2) is 23.1 Å². The summed E-state index contributed by atoms with van der Waals surface area (Å²) in [5, 5.41) is 3.84. The van der Waals surface area contributed by atoms with Gasteiger partial charge in [-0.1, -0.05) is 35.2 Å². The van der Waals surface area contributed by atoms with Crippen molar-refractivity contribution in [1.82, 2.24) is 15.0 Å². The fraction of sp³-hybridized carbons (Fsp3) is 0.214. The molecule has 9 heteroatoms. The van der Waals surface area contributed by atoms with Crippen molar-refractivity contribution in [2.75, 3.05) is 18.5 Å². The van der Waals surface area contributed by atoms with E-state index in [0.717, 1.165) is 10.8 Å². The van der Waals surface area contributed by atoms with Gasteiger partial charge < -0.3 is 5.32 Å². The molecule has 0 aliphatic rings. The number of nitrogens with zero attached hydrogens (tertiary/aromatic N) is 3. The van der Waals surface area contributed by atoms with Crippen molar-refractivity contribution in [3.8, 4) is 0 Å². The lowest BCUT2D eigenvalue weighted by Crippen LogP contribution is -2.01. The first-order valence-corrected chi connectivity index (χ1v) is 8.46. The van der Waals surface area contributed by atoms with Crippen LogP contribution in [0.5, 0.6) is 0 Å². The fourth-order valence-electron chi connectivity index (χ4n) is 1.82. The van der Waals surface area contributed by atoms with Crippen LogP contribution in [0.1, 0.15) is 5.56 Å². The van der Waals surface area contributed by atoms with Crippen molar-refractivity contribution in [1.29, 1.82) is 0 Å². The van der Waals surface area contributed by atoms with Crippen LogP contribution in [0, 0.1) is 11.6 Å². The predicted octanol–water partition coefficient (Wildman–Crippen LogP) is 4.04. The smallest absolute Gasteiger partial charge is 0.189 e. The third-order valence-electron chi connectivity index (χ3n) is 2.89. The molecule has 1 aromatic carbocycles. The topological polar surface area (TPSA) is 50.7 Å². The van der Waals surface area contributed by atoms with Gasteiger partial charge in [-0.05, 0) is 6.07 Å². The normalized spacial score (nSPS) is 11.1. The average molecular weight is 356 g/mol. The van der Waals surface area contributed by atoms with Crippen molar-refractivity contribution in [2.24, 2.45) is 0 Å². The predicted molar refractivity (Wildman–Crippen MR) is 85.6 cm³/mol. The van der Waals surface area contributed by atoms with E-state index in [1.807, 2.05) is 0 Å². The minimum Gasteiger partial charge on any atom is -0.359 e. The standard InChI is InChI=1S/C14H11F3N4S2/c15-4-5-18-14-21-12-10(23-14)6-19-13(20-12)22-7-8-2-1-3-9(16)11(8)17/h1-3,6H,4-5,7H2,(H,18,19,20,21). The van der Waals surface area contributed by atoms with E-state index >= 15 is 0 Å². The Morgan fingerprint density at radius 1 is 1.22 bits per heavy atom. The Morgan fingerprint density at radius 3 is 2.91 bits per heavy atom. The third kappa shape index (κ3) is 3.73. The second-order valence-corrected chi connectivity index (χ2v) is 6.45. The molecular formula is C14H11F3N4S2. The maximum atomic E-state index is 13.6. The van der Waals surface area contributed by atoms with E-state index in [1.165, 1.54) is 35.2 Å². The van der Waals surface area contributed by atoms with Gasteiger partial charge in [0.25, 0.3) is 0 Å². The summed E-state index contributed by atoms with van der Waals surface area (Å²) in [6.45, 7) is -0.296. The maximum Gasteiger partial charge on any atom is 0.189 e. The van der Waals surface area contributed by atoms with Gasteiger partial charge in [0.05, 0.1) is 10.9 Å². The molecule has 3 rings (SSSR count). The second-order valence-electron chi connectivity index (χ2n) is 4.48. The maximum absolute atomic E-state index is 13.6. The molecule has 2 aromatic heterocycles. The fourth-order valence-corrected chi connectivity index (χ4v) is 3.41. The van der Waals surface area contributed by atoms with Gasteiger partial charge in [0.2, 0.25) is 0 Å². The number of hydrogen-bond donors (Lipinski definition) is 1. The van der Waals surface area contributed by atoms with Gasteiger partial charge in [-0.3, -0.25) is 0 Å². The van der Waals surface area contributed by atoms with Crippen LogP contribution in [-0.4, -0.2) is 28.2 Å². The first-order valence-electron chi connectivity index (χ1n) is 6.66. The Bertz CT molecular complexity index is 825. The van der Waals surface area contributed by atoms with Gasteiger partial charge in [0.15, 0.2) is 27.6 Å². The number of hydrogen-bond acceptors (Lipinski definition) is 6. The highest BCUT2D eigenvalue weighted by Gasteiger charge is 2.11. The van der Waals surface area contributed by atoms with E-state index in [9.17, 15) is 13.2 Å². The van der Waals surface area contributed by atoms with Crippen molar-refractivity contribution in [3.05, 3.63) is 41.6 Å². The number of alkyl halides is 1. The van der Waals surface area contributed by atoms with Crippen molar-refractivity contribution < 1.29 is 13.2 Å². The number of halogens is 3. The monoisotopic (exact) mass is 356 g/mol. The molecular weight excluding hydrogens is 345 g/mol. The number of benzene rings is 1. The first kappa shape index (κ1) is 16.0. The molecule has 0 aliphatic heterocycles. The SMILES string of the molecule is FCCNc1nc2nc(SCc3cccc(F)c3F)ncc2s1. The lowest BCUT2D eigenvalue weighted by molar-refractivity contribution is 0.502. The van der Waals surface area contributed by atoms with Gasteiger partial charge in [0.1, 0.15) is 6.67 Å². The molecule has 0 atom stereocenters. The van der Waals surface area contributed by atoms with Crippen LogP contribution >= 0.6 is 23.1 Å². The highest BCUT2D eigenvalue weighted by molar-refractivity contribution is 7.98. The molecule has 0 bridgehead atoms. The molecule has 2 heterocycles. The molecule has 1 N–H and O–H groups in total. The van der Waals surface area contributed by atoms with E-state index < -0.39 is 18.3 Å². The van der Waals surface area contributed by atoms with Crippen LogP contribution in [-0.2, 0) is 5.75 Å². The zero-order valence-corrected chi connectivity index (χ0v) is 13.4.